The molecule has 0 atom stereocenters. The minimum Gasteiger partial charge on any atom is -0.458 e. The van der Waals surface area contributed by atoms with Gasteiger partial charge in [0, 0.05) is 27.2 Å². The van der Waals surface area contributed by atoms with E-state index in [-0.39, 0.29) is 6.71 Å². The smallest absolute Gasteiger partial charge is 0.256 e. The summed E-state index contributed by atoms with van der Waals surface area (Å²) in [7, 11) is 0. The molecule has 4 heteroatoms. The highest BCUT2D eigenvalue weighted by atomic mass is 16.5. The number of para-hydroxylation sites is 3. The van der Waals surface area contributed by atoms with Crippen LogP contribution in [0.5, 0.6) is 11.5 Å². The van der Waals surface area contributed by atoms with Crippen molar-refractivity contribution in [2.75, 3.05) is 0 Å². The van der Waals surface area contributed by atoms with Gasteiger partial charge in [-0.3, -0.25) is 0 Å². The number of aromatic nitrogens is 1. The second-order valence-electron chi connectivity index (χ2n) is 10.8. The third kappa shape index (κ3) is 2.47. The molecule has 2 aliphatic heterocycles. The van der Waals surface area contributed by atoms with Gasteiger partial charge in [-0.15, -0.1) is 0 Å². The first-order valence-electron chi connectivity index (χ1n) is 13.7. The van der Waals surface area contributed by atoms with Gasteiger partial charge in [0.05, 0.1) is 11.0 Å². The minimum absolute atomic E-state index is 0.107. The van der Waals surface area contributed by atoms with Crippen molar-refractivity contribution < 1.29 is 9.15 Å². The molecule has 8 aromatic rings. The van der Waals surface area contributed by atoms with Crippen LogP contribution in [-0.4, -0.2) is 11.3 Å². The Labute approximate surface area is 229 Å². The Morgan fingerprint density at radius 3 is 2.38 bits per heavy atom. The third-order valence-corrected chi connectivity index (χ3v) is 8.87. The Morgan fingerprint density at radius 1 is 0.575 bits per heavy atom. The van der Waals surface area contributed by atoms with Crippen LogP contribution in [-0.2, 0) is 0 Å². The van der Waals surface area contributed by atoms with Crippen molar-refractivity contribution in [1.29, 1.82) is 0 Å². The lowest BCUT2D eigenvalue weighted by molar-refractivity contribution is 0.488. The minimum atomic E-state index is 0.107. The Balaban J connectivity index is 1.25. The van der Waals surface area contributed by atoms with Gasteiger partial charge < -0.3 is 13.7 Å². The van der Waals surface area contributed by atoms with Gasteiger partial charge in [0.15, 0.2) is 0 Å². The first-order valence-corrected chi connectivity index (χ1v) is 13.7. The molecule has 184 valence electrons. The summed E-state index contributed by atoms with van der Waals surface area (Å²) in [6, 6.07) is 43.2. The average Bonchev–Trinajstić information content (AvgIpc) is 3.56. The van der Waals surface area contributed by atoms with E-state index in [9.17, 15) is 0 Å². The second kappa shape index (κ2) is 7.25. The van der Waals surface area contributed by atoms with E-state index in [0.717, 1.165) is 44.6 Å². The summed E-state index contributed by atoms with van der Waals surface area (Å²) in [6.45, 7) is 0.107. The zero-order chi connectivity index (χ0) is 25.9. The van der Waals surface area contributed by atoms with Gasteiger partial charge in [0.25, 0.3) is 6.71 Å². The van der Waals surface area contributed by atoms with Crippen LogP contribution < -0.4 is 21.1 Å². The Hall–Kier alpha value is -5.22. The molecule has 0 radical (unpaired) electrons. The third-order valence-electron chi connectivity index (χ3n) is 8.87. The number of ether oxygens (including phenoxy) is 1. The van der Waals surface area contributed by atoms with E-state index in [1.54, 1.807) is 0 Å². The Morgan fingerprint density at radius 2 is 1.40 bits per heavy atom. The van der Waals surface area contributed by atoms with Crippen molar-refractivity contribution in [2.45, 2.75) is 0 Å². The summed E-state index contributed by atoms with van der Waals surface area (Å²) in [5, 5.41) is 4.82. The molecule has 0 aliphatic carbocycles. The van der Waals surface area contributed by atoms with Gasteiger partial charge in [-0.1, -0.05) is 78.9 Å². The molecule has 2 aliphatic rings. The summed E-state index contributed by atoms with van der Waals surface area (Å²) in [6.07, 6.45) is 0. The van der Waals surface area contributed by atoms with Crippen LogP contribution in [0.4, 0.5) is 0 Å². The quantitative estimate of drug-likeness (QED) is 0.218. The molecule has 0 amide bonds. The molecule has 0 bridgehead atoms. The van der Waals surface area contributed by atoms with Crippen molar-refractivity contribution >= 4 is 66.8 Å². The monoisotopic (exact) mass is 509 g/mol. The molecule has 6 aromatic carbocycles. The first kappa shape index (κ1) is 20.7. The fourth-order valence-corrected chi connectivity index (χ4v) is 7.26. The van der Waals surface area contributed by atoms with Crippen molar-refractivity contribution in [2.24, 2.45) is 0 Å². The lowest BCUT2D eigenvalue weighted by Crippen LogP contribution is -2.58. The summed E-state index contributed by atoms with van der Waals surface area (Å²) in [5.41, 5.74) is 11.6. The molecule has 0 fully saturated rings. The van der Waals surface area contributed by atoms with Crippen LogP contribution in [0.2, 0.25) is 0 Å². The van der Waals surface area contributed by atoms with Crippen LogP contribution in [0.15, 0.2) is 126 Å². The summed E-state index contributed by atoms with van der Waals surface area (Å²) < 4.78 is 15.4. The van der Waals surface area contributed by atoms with E-state index in [4.69, 9.17) is 9.15 Å². The Kier molecular flexibility index (Phi) is 3.75. The van der Waals surface area contributed by atoms with Gasteiger partial charge in [-0.05, 0) is 70.0 Å². The maximum Gasteiger partial charge on any atom is 0.256 e. The van der Waals surface area contributed by atoms with Crippen molar-refractivity contribution in [3.63, 3.8) is 0 Å². The molecular formula is C36H20BNO2. The highest BCUT2D eigenvalue weighted by molar-refractivity contribution is 6.99. The molecule has 3 nitrogen and oxygen atoms in total. The maximum absolute atomic E-state index is 6.76. The first-order chi connectivity index (χ1) is 19.8. The van der Waals surface area contributed by atoms with Crippen LogP contribution in [0.3, 0.4) is 0 Å². The molecule has 0 N–H and O–H groups in total. The number of hydrogen-bond donors (Lipinski definition) is 0. The highest BCUT2D eigenvalue weighted by Crippen LogP contribution is 2.41. The molecule has 0 unspecified atom stereocenters. The van der Waals surface area contributed by atoms with Crippen molar-refractivity contribution in [1.82, 2.24) is 4.57 Å². The van der Waals surface area contributed by atoms with Gasteiger partial charge in [0.1, 0.15) is 22.7 Å². The average molecular weight is 509 g/mol. The number of hydrogen-bond acceptors (Lipinski definition) is 2. The molecule has 2 aromatic heterocycles. The number of rotatable bonds is 1. The van der Waals surface area contributed by atoms with Gasteiger partial charge in [0.2, 0.25) is 0 Å². The zero-order valence-electron chi connectivity index (χ0n) is 21.4. The van der Waals surface area contributed by atoms with Crippen LogP contribution in [0.25, 0.3) is 60.6 Å². The second-order valence-corrected chi connectivity index (χ2v) is 10.8. The van der Waals surface area contributed by atoms with E-state index in [1.165, 1.54) is 43.9 Å². The molecule has 0 saturated heterocycles. The fraction of sp³-hybridized carbons (Fsp3) is 0. The molecule has 40 heavy (non-hydrogen) atoms. The van der Waals surface area contributed by atoms with Gasteiger partial charge in [-0.2, -0.15) is 0 Å². The van der Waals surface area contributed by atoms with E-state index < -0.39 is 0 Å². The van der Waals surface area contributed by atoms with Crippen LogP contribution in [0.1, 0.15) is 0 Å². The normalized spacial score (nSPS) is 13.2. The fourth-order valence-electron chi connectivity index (χ4n) is 7.26. The van der Waals surface area contributed by atoms with E-state index in [0.29, 0.717) is 0 Å². The van der Waals surface area contributed by atoms with Crippen LogP contribution in [0, 0.1) is 0 Å². The SMILES string of the molecule is c1ccc2c(c1)B1c3ccc(-c4cccc5oc6ccccc6c45)cc3Oc3ccc4c5ccccc5n-2c4c31. The maximum atomic E-state index is 6.76. The highest BCUT2D eigenvalue weighted by Gasteiger charge is 2.40. The summed E-state index contributed by atoms with van der Waals surface area (Å²) in [5.74, 6) is 1.85. The number of fused-ring (bicyclic) bond motifs is 11. The lowest BCUT2D eigenvalue weighted by Gasteiger charge is -2.33. The summed E-state index contributed by atoms with van der Waals surface area (Å²) in [4.78, 5) is 0. The van der Waals surface area contributed by atoms with Crippen molar-refractivity contribution in [3.8, 4) is 28.3 Å². The van der Waals surface area contributed by atoms with Crippen LogP contribution >= 0.6 is 0 Å². The number of nitrogens with zero attached hydrogens (tertiary/aromatic N) is 1. The van der Waals surface area contributed by atoms with E-state index in [2.05, 4.69) is 108 Å². The predicted octanol–water partition coefficient (Wildman–Crippen LogP) is 7.29. The standard InChI is InChI=1S/C36H20BNO2/c1-4-12-28-23(8-1)24-17-19-32-35-36(24)38(28)29-13-5-3-11-26(29)37(35)27-18-16-21(20-33(27)40-32)22-10-7-15-31-34(22)25-9-2-6-14-30(25)39-31/h1-20H. The zero-order valence-corrected chi connectivity index (χ0v) is 21.4. The van der Waals surface area contributed by atoms with E-state index >= 15 is 0 Å². The molecule has 10 rings (SSSR count). The predicted molar refractivity (Wildman–Crippen MR) is 165 cm³/mol. The lowest BCUT2D eigenvalue weighted by atomic mass is 9.34. The van der Waals surface area contributed by atoms with Crippen molar-refractivity contribution in [3.05, 3.63) is 121 Å². The summed E-state index contributed by atoms with van der Waals surface area (Å²) >= 11 is 0. The topological polar surface area (TPSA) is 27.3 Å². The molecule has 0 spiro atoms. The van der Waals surface area contributed by atoms with Gasteiger partial charge in [-0.25, -0.2) is 0 Å². The largest absolute Gasteiger partial charge is 0.458 e. The molecule has 4 heterocycles. The number of benzene rings is 6. The molecule has 0 saturated carbocycles. The number of furan rings is 1. The molecular weight excluding hydrogens is 489 g/mol. The van der Waals surface area contributed by atoms with E-state index in [1.807, 2.05) is 18.2 Å². The van der Waals surface area contributed by atoms with Gasteiger partial charge >= 0.3 is 0 Å². The Bertz CT molecular complexity index is 2380.